The molecule has 2 aliphatic heterocycles. The Morgan fingerprint density at radius 1 is 1.46 bits per heavy atom. The van der Waals surface area contributed by atoms with Crippen molar-refractivity contribution in [3.63, 3.8) is 0 Å². The zero-order valence-electron chi connectivity index (χ0n) is 14.9. The predicted molar refractivity (Wildman–Crippen MR) is 99.3 cm³/mol. The molecule has 1 aromatic carbocycles. The summed E-state index contributed by atoms with van der Waals surface area (Å²) in [5.41, 5.74) is 6.63. The molecule has 1 fully saturated rings. The number of benzene rings is 1. The molecule has 1 aromatic rings. The Hall–Kier alpha value is -2.29. The zero-order valence-corrected chi connectivity index (χ0v) is 15.8. The number of carbonyl (C=O) groups excluding carboxylic acids is 1. The van der Waals surface area contributed by atoms with Crippen LogP contribution in [-0.2, 0) is 15.0 Å². The first-order valence-corrected chi connectivity index (χ1v) is 10.1. The zero-order chi connectivity index (χ0) is 18.9. The fraction of sp³-hybridized carbons (Fsp3) is 0.529. The lowest BCUT2D eigenvalue weighted by atomic mass is 9.97. The van der Waals surface area contributed by atoms with Crippen molar-refractivity contribution in [2.75, 3.05) is 24.4 Å². The summed E-state index contributed by atoms with van der Waals surface area (Å²) in [6.45, 7) is 5.69. The Kier molecular flexibility index (Phi) is 5.08. The van der Waals surface area contributed by atoms with Crippen molar-refractivity contribution in [2.45, 2.75) is 26.7 Å². The number of likely N-dealkylation sites (tertiary alicyclic amines) is 1. The lowest BCUT2D eigenvalue weighted by Gasteiger charge is -2.34. The number of amides is 1. The predicted octanol–water partition coefficient (Wildman–Crippen LogP) is 1.34. The number of hydrogen-bond acceptors (Lipinski definition) is 5. The molecule has 0 saturated carbocycles. The molecule has 0 bridgehead atoms. The first-order chi connectivity index (χ1) is 12.3. The average molecular weight is 380 g/mol. The number of amidine groups is 1. The standard InChI is InChI=1S/C17H24N4O4S/c1-11(2)17(22)21-8-4-5-12(9-21)10-25-14-7-3-6-13-15(14)16(18)20-26(23,24)19-13/h3,6-7,11-12,19H,4-5,8-10H2,1-2H3,(H2,18,20)/t12-/m0/s1. The van der Waals surface area contributed by atoms with Crippen molar-refractivity contribution in [3.05, 3.63) is 23.8 Å². The van der Waals surface area contributed by atoms with Crippen LogP contribution < -0.4 is 15.2 Å². The Morgan fingerprint density at radius 2 is 2.23 bits per heavy atom. The Labute approximate surface area is 153 Å². The van der Waals surface area contributed by atoms with Crippen LogP contribution in [0.25, 0.3) is 0 Å². The second-order valence-electron chi connectivity index (χ2n) is 6.99. The fourth-order valence-corrected chi connectivity index (χ4v) is 4.16. The maximum absolute atomic E-state index is 12.2. The van der Waals surface area contributed by atoms with Crippen molar-refractivity contribution < 1.29 is 17.9 Å². The van der Waals surface area contributed by atoms with Crippen molar-refractivity contribution in [1.82, 2.24) is 4.90 Å². The van der Waals surface area contributed by atoms with E-state index >= 15 is 0 Å². The molecule has 1 saturated heterocycles. The average Bonchev–Trinajstić information content (AvgIpc) is 2.58. The third-order valence-electron chi connectivity index (χ3n) is 4.54. The molecular weight excluding hydrogens is 356 g/mol. The molecule has 2 aliphatic rings. The van der Waals surface area contributed by atoms with Gasteiger partial charge in [0.1, 0.15) is 5.75 Å². The molecular formula is C17H24N4O4S. The maximum Gasteiger partial charge on any atom is 0.344 e. The minimum Gasteiger partial charge on any atom is -0.492 e. The Morgan fingerprint density at radius 3 is 2.96 bits per heavy atom. The van der Waals surface area contributed by atoms with Gasteiger partial charge in [0.2, 0.25) is 5.91 Å². The van der Waals surface area contributed by atoms with E-state index in [4.69, 9.17) is 10.5 Å². The number of fused-ring (bicyclic) bond motifs is 1. The van der Waals surface area contributed by atoms with Gasteiger partial charge in [0.05, 0.1) is 17.9 Å². The molecule has 3 rings (SSSR count). The highest BCUT2D eigenvalue weighted by atomic mass is 32.2. The number of ether oxygens (including phenoxy) is 1. The minimum absolute atomic E-state index is 0.0140. The molecule has 142 valence electrons. The van der Waals surface area contributed by atoms with E-state index in [1.165, 1.54) is 0 Å². The van der Waals surface area contributed by atoms with Crippen LogP contribution in [0, 0.1) is 11.8 Å². The largest absolute Gasteiger partial charge is 0.492 e. The van der Waals surface area contributed by atoms with Gasteiger partial charge in [-0.2, -0.15) is 8.42 Å². The van der Waals surface area contributed by atoms with E-state index in [0.717, 1.165) is 19.4 Å². The van der Waals surface area contributed by atoms with Crippen LogP contribution in [0.5, 0.6) is 5.75 Å². The molecule has 3 N–H and O–H groups in total. The molecule has 1 amide bonds. The quantitative estimate of drug-likeness (QED) is 0.818. The molecule has 0 aliphatic carbocycles. The van der Waals surface area contributed by atoms with Crippen LogP contribution in [0.1, 0.15) is 32.3 Å². The molecule has 0 radical (unpaired) electrons. The third kappa shape index (κ3) is 3.92. The third-order valence-corrected chi connectivity index (χ3v) is 5.45. The normalized spacial score (nSPS) is 21.6. The van der Waals surface area contributed by atoms with Gasteiger partial charge in [-0.05, 0) is 25.0 Å². The van der Waals surface area contributed by atoms with Gasteiger partial charge < -0.3 is 15.4 Å². The maximum atomic E-state index is 12.2. The highest BCUT2D eigenvalue weighted by Gasteiger charge is 2.27. The van der Waals surface area contributed by atoms with Crippen LogP contribution in [0.3, 0.4) is 0 Å². The number of piperidine rings is 1. The summed E-state index contributed by atoms with van der Waals surface area (Å²) < 4.78 is 35.1. The van der Waals surface area contributed by atoms with Crippen molar-refractivity contribution in [3.8, 4) is 5.75 Å². The molecule has 0 unspecified atom stereocenters. The molecule has 26 heavy (non-hydrogen) atoms. The summed E-state index contributed by atoms with van der Waals surface area (Å²) in [5, 5.41) is 0. The van der Waals surface area contributed by atoms with E-state index in [-0.39, 0.29) is 23.6 Å². The second-order valence-corrected chi connectivity index (χ2v) is 8.33. The Balaban J connectivity index is 1.71. The summed E-state index contributed by atoms with van der Waals surface area (Å²) in [6, 6.07) is 5.05. The van der Waals surface area contributed by atoms with Crippen molar-refractivity contribution in [2.24, 2.45) is 22.0 Å². The SMILES string of the molecule is CC(C)C(=O)N1CCC[C@H](COc2cccc3c2C(N)=NS(=O)(=O)N3)C1. The topological polar surface area (TPSA) is 114 Å². The monoisotopic (exact) mass is 380 g/mol. The van der Waals surface area contributed by atoms with Gasteiger partial charge in [-0.3, -0.25) is 9.52 Å². The summed E-state index contributed by atoms with van der Waals surface area (Å²) in [7, 11) is -3.81. The molecule has 9 heteroatoms. The first-order valence-electron chi connectivity index (χ1n) is 8.70. The number of hydrogen-bond donors (Lipinski definition) is 2. The van der Waals surface area contributed by atoms with Crippen LogP contribution >= 0.6 is 0 Å². The van der Waals surface area contributed by atoms with Gasteiger partial charge in [0.15, 0.2) is 5.84 Å². The van der Waals surface area contributed by atoms with Gasteiger partial charge in [-0.15, -0.1) is 4.40 Å². The van der Waals surface area contributed by atoms with E-state index in [1.54, 1.807) is 18.2 Å². The van der Waals surface area contributed by atoms with Crippen LogP contribution in [-0.4, -0.2) is 44.8 Å². The van der Waals surface area contributed by atoms with E-state index in [2.05, 4.69) is 9.12 Å². The number of anilines is 1. The molecule has 8 nitrogen and oxygen atoms in total. The number of nitrogens with two attached hydrogens (primary N) is 1. The molecule has 0 spiro atoms. The van der Waals surface area contributed by atoms with Gasteiger partial charge in [-0.1, -0.05) is 19.9 Å². The summed E-state index contributed by atoms with van der Waals surface area (Å²) in [6.07, 6.45) is 1.93. The molecule has 0 aromatic heterocycles. The summed E-state index contributed by atoms with van der Waals surface area (Å²) in [4.78, 5) is 14.1. The van der Waals surface area contributed by atoms with Crippen molar-refractivity contribution >= 4 is 27.6 Å². The Bertz CT molecular complexity index is 835. The van der Waals surface area contributed by atoms with Gasteiger partial charge in [0.25, 0.3) is 0 Å². The summed E-state index contributed by atoms with van der Waals surface area (Å²) in [5.74, 6) is 0.770. The lowest BCUT2D eigenvalue weighted by Crippen LogP contribution is -2.43. The van der Waals surface area contributed by atoms with E-state index in [9.17, 15) is 13.2 Å². The molecule has 2 heterocycles. The van der Waals surface area contributed by atoms with Gasteiger partial charge in [-0.25, -0.2) is 0 Å². The highest BCUT2D eigenvalue weighted by Crippen LogP contribution is 2.31. The van der Waals surface area contributed by atoms with E-state index in [1.807, 2.05) is 18.7 Å². The second kappa shape index (κ2) is 7.14. The highest BCUT2D eigenvalue weighted by molar-refractivity contribution is 7.91. The van der Waals surface area contributed by atoms with Gasteiger partial charge >= 0.3 is 10.2 Å². The number of nitrogens with zero attached hydrogens (tertiary/aromatic N) is 2. The van der Waals surface area contributed by atoms with Crippen molar-refractivity contribution in [1.29, 1.82) is 0 Å². The first kappa shape index (κ1) is 18.5. The smallest absolute Gasteiger partial charge is 0.344 e. The molecule has 1 atom stereocenters. The summed E-state index contributed by atoms with van der Waals surface area (Å²) >= 11 is 0. The number of nitrogens with one attached hydrogen (secondary N) is 1. The van der Waals surface area contributed by atoms with Crippen LogP contribution in [0.2, 0.25) is 0 Å². The van der Waals surface area contributed by atoms with E-state index in [0.29, 0.717) is 30.2 Å². The number of rotatable bonds is 4. The number of carbonyl (C=O) groups is 1. The lowest BCUT2D eigenvalue weighted by molar-refractivity contribution is -0.136. The van der Waals surface area contributed by atoms with Crippen LogP contribution in [0.15, 0.2) is 22.6 Å². The minimum atomic E-state index is -3.81. The van der Waals surface area contributed by atoms with Gasteiger partial charge in [0, 0.05) is 24.9 Å². The van der Waals surface area contributed by atoms with E-state index < -0.39 is 10.2 Å². The fourth-order valence-electron chi connectivity index (χ4n) is 3.31. The van der Waals surface area contributed by atoms with Crippen LogP contribution in [0.4, 0.5) is 5.69 Å².